The number of hydrogen-bond acceptors (Lipinski definition) is 9. The molecule has 5 aromatic rings. The van der Waals surface area contributed by atoms with E-state index in [2.05, 4.69) is 30.5 Å². The highest BCUT2D eigenvalue weighted by molar-refractivity contribution is 6.05. The molecule has 1 amide bonds. The zero-order chi connectivity index (χ0) is 27.8. The lowest BCUT2D eigenvalue weighted by Crippen LogP contribution is -2.44. The molecular formula is C28H24FN7O4. The number of amides is 1. The maximum atomic E-state index is 15.0. The highest BCUT2D eigenvalue weighted by atomic mass is 19.1. The number of ether oxygens (including phenoxy) is 1. The lowest BCUT2D eigenvalue weighted by molar-refractivity contribution is 0.0908. The predicted molar refractivity (Wildman–Crippen MR) is 142 cm³/mol. The Kier molecular flexibility index (Phi) is 6.42. The summed E-state index contributed by atoms with van der Waals surface area (Å²) in [4.78, 5) is 25.3. The molecule has 1 aliphatic rings. The average Bonchev–Trinajstić information content (AvgIpc) is 3.35. The molecular weight excluding hydrogens is 517 g/mol. The molecule has 1 aliphatic carbocycles. The van der Waals surface area contributed by atoms with Gasteiger partial charge in [-0.1, -0.05) is 18.2 Å². The first-order chi connectivity index (χ1) is 19.4. The molecule has 0 bridgehead atoms. The van der Waals surface area contributed by atoms with E-state index in [4.69, 9.17) is 4.74 Å². The third-order valence-electron chi connectivity index (χ3n) is 6.80. The molecule has 3 aromatic heterocycles. The number of nitrogens with one attached hydrogen (secondary N) is 1. The van der Waals surface area contributed by atoms with Gasteiger partial charge >= 0.3 is 0 Å². The molecule has 202 valence electrons. The normalized spacial score (nSPS) is 16.4. The first-order valence-corrected chi connectivity index (χ1v) is 12.7. The molecule has 0 saturated heterocycles. The zero-order valence-corrected chi connectivity index (χ0v) is 21.3. The first-order valence-electron chi connectivity index (χ1n) is 12.7. The van der Waals surface area contributed by atoms with Gasteiger partial charge in [-0.05, 0) is 56.2 Å². The Labute approximate surface area is 227 Å². The maximum absolute atomic E-state index is 15.0. The minimum absolute atomic E-state index is 0.0952. The van der Waals surface area contributed by atoms with Crippen LogP contribution in [0.4, 0.5) is 4.39 Å². The van der Waals surface area contributed by atoms with Gasteiger partial charge in [0, 0.05) is 12.0 Å². The molecule has 0 spiro atoms. The number of carbonyl (C=O) groups excluding carboxylic acids is 1. The van der Waals surface area contributed by atoms with Crippen LogP contribution in [0.2, 0.25) is 0 Å². The van der Waals surface area contributed by atoms with Gasteiger partial charge in [0.25, 0.3) is 17.7 Å². The predicted octanol–water partition coefficient (Wildman–Crippen LogP) is 3.90. The molecule has 40 heavy (non-hydrogen) atoms. The molecule has 0 radical (unpaired) electrons. The second-order valence-electron chi connectivity index (χ2n) is 9.36. The first kappa shape index (κ1) is 25.2. The van der Waals surface area contributed by atoms with Crippen LogP contribution in [0.25, 0.3) is 28.2 Å². The average molecular weight is 542 g/mol. The molecule has 0 aliphatic heterocycles. The number of para-hydroxylation sites is 2. The summed E-state index contributed by atoms with van der Waals surface area (Å²) >= 11 is 0. The van der Waals surface area contributed by atoms with Crippen LogP contribution in [0.15, 0.2) is 60.8 Å². The molecule has 0 atom stereocenters. The number of rotatable bonds is 7. The molecule has 11 nitrogen and oxygen atoms in total. The maximum Gasteiger partial charge on any atom is 0.276 e. The summed E-state index contributed by atoms with van der Waals surface area (Å²) < 4.78 is 22.1. The van der Waals surface area contributed by atoms with Gasteiger partial charge < -0.3 is 20.3 Å². The highest BCUT2D eigenvalue weighted by Gasteiger charge is 2.37. The lowest BCUT2D eigenvalue weighted by Gasteiger charge is -2.35. The Bertz CT molecular complexity index is 1720. The number of benzene rings is 2. The summed E-state index contributed by atoms with van der Waals surface area (Å²) in [5.74, 6) is -0.583. The number of hydrogen-bond donors (Lipinski definition) is 3. The van der Waals surface area contributed by atoms with E-state index in [1.807, 2.05) is 6.92 Å². The van der Waals surface area contributed by atoms with Crippen LogP contribution in [0.1, 0.15) is 41.9 Å². The van der Waals surface area contributed by atoms with Gasteiger partial charge in [-0.25, -0.2) is 19.3 Å². The fourth-order valence-electron chi connectivity index (χ4n) is 4.81. The van der Waals surface area contributed by atoms with Crippen LogP contribution in [-0.2, 0) is 0 Å². The van der Waals surface area contributed by atoms with Crippen molar-refractivity contribution in [1.82, 2.24) is 35.0 Å². The number of aromatic hydroxyl groups is 2. The summed E-state index contributed by atoms with van der Waals surface area (Å²) in [5, 5.41) is 31.2. The molecule has 1 saturated carbocycles. The third kappa shape index (κ3) is 4.53. The van der Waals surface area contributed by atoms with Gasteiger partial charge in [0.2, 0.25) is 0 Å². The van der Waals surface area contributed by atoms with Gasteiger partial charge in [0.1, 0.15) is 28.6 Å². The number of halogens is 1. The smallest absolute Gasteiger partial charge is 0.276 e. The minimum atomic E-state index is -0.651. The zero-order valence-electron chi connectivity index (χ0n) is 21.3. The number of nitrogens with zero attached hydrogens (tertiary/aromatic N) is 6. The van der Waals surface area contributed by atoms with E-state index >= 15 is 0 Å². The van der Waals surface area contributed by atoms with Crippen LogP contribution in [-0.4, -0.2) is 58.5 Å². The van der Waals surface area contributed by atoms with Crippen molar-refractivity contribution in [2.24, 2.45) is 0 Å². The Morgan fingerprint density at radius 2 is 1.85 bits per heavy atom. The van der Waals surface area contributed by atoms with Gasteiger partial charge in [-0.2, -0.15) is 0 Å². The Hall–Kier alpha value is -5.13. The second-order valence-corrected chi connectivity index (χ2v) is 9.36. The van der Waals surface area contributed by atoms with Crippen LogP contribution >= 0.6 is 0 Å². The fourth-order valence-corrected chi connectivity index (χ4v) is 4.81. The Balaban J connectivity index is 1.25. The van der Waals surface area contributed by atoms with E-state index in [0.29, 0.717) is 48.2 Å². The quantitative estimate of drug-likeness (QED) is 0.279. The van der Waals surface area contributed by atoms with Gasteiger partial charge in [-0.15, -0.1) is 10.2 Å². The molecule has 3 N–H and O–H groups in total. The summed E-state index contributed by atoms with van der Waals surface area (Å²) in [6.07, 6.45) is 2.70. The lowest BCUT2D eigenvalue weighted by atomic mass is 9.79. The topological polar surface area (TPSA) is 148 Å². The summed E-state index contributed by atoms with van der Waals surface area (Å²) in [6.45, 7) is 2.39. The van der Waals surface area contributed by atoms with E-state index in [1.54, 1.807) is 59.3 Å². The number of fused-ring (bicyclic) bond motifs is 1. The van der Waals surface area contributed by atoms with E-state index in [-0.39, 0.29) is 34.5 Å². The van der Waals surface area contributed by atoms with Crippen molar-refractivity contribution in [3.05, 3.63) is 78.0 Å². The highest BCUT2D eigenvalue weighted by Crippen LogP contribution is 2.39. The van der Waals surface area contributed by atoms with Crippen LogP contribution in [0, 0.1) is 5.82 Å². The monoisotopic (exact) mass is 541 g/mol. The standard InChI is InChI=1S/C28H24FN7O4/c1-2-40-17-10-11-21(30-14-17)25-35-34-24(36(25)22-9-4-3-7-19(22)29)15-12-16(13-15)31-26(37)18-6-5-8-20-23(18)33-28(39)27(38)32-20/h3-11,14-16H,2,12-13H2,1H3,(H,31,37)(H,32,38)(H,33,39). The van der Waals surface area contributed by atoms with Crippen molar-refractivity contribution in [1.29, 1.82) is 0 Å². The minimum Gasteiger partial charge on any atom is -0.492 e. The summed E-state index contributed by atoms with van der Waals surface area (Å²) in [6, 6.07) is 14.5. The van der Waals surface area contributed by atoms with E-state index < -0.39 is 17.6 Å². The van der Waals surface area contributed by atoms with E-state index in [1.165, 1.54) is 6.07 Å². The Morgan fingerprint density at radius 3 is 2.60 bits per heavy atom. The van der Waals surface area contributed by atoms with Crippen LogP contribution in [0.3, 0.4) is 0 Å². The van der Waals surface area contributed by atoms with Crippen molar-refractivity contribution in [2.75, 3.05) is 6.61 Å². The molecule has 6 rings (SSSR count). The SMILES string of the molecule is CCOc1ccc(-c2nnc(C3CC(NC(=O)c4cccc5nc(O)c(O)nc45)C3)n2-c2ccccc2F)nc1. The molecule has 2 aromatic carbocycles. The van der Waals surface area contributed by atoms with Crippen molar-refractivity contribution in [3.63, 3.8) is 0 Å². The van der Waals surface area contributed by atoms with Crippen molar-refractivity contribution in [3.8, 4) is 34.7 Å². The summed E-state index contributed by atoms with van der Waals surface area (Å²) in [7, 11) is 0. The van der Waals surface area contributed by atoms with Crippen LogP contribution in [0.5, 0.6) is 17.5 Å². The second kappa shape index (κ2) is 10.2. The number of aromatic nitrogens is 6. The van der Waals surface area contributed by atoms with E-state index in [9.17, 15) is 19.4 Å². The summed E-state index contributed by atoms with van der Waals surface area (Å²) in [5.41, 5.74) is 1.50. The van der Waals surface area contributed by atoms with Crippen LogP contribution < -0.4 is 10.1 Å². The van der Waals surface area contributed by atoms with Gasteiger partial charge in [0.05, 0.1) is 29.6 Å². The van der Waals surface area contributed by atoms with Gasteiger partial charge in [-0.3, -0.25) is 9.36 Å². The molecule has 12 heteroatoms. The molecule has 3 heterocycles. The third-order valence-corrected chi connectivity index (χ3v) is 6.80. The molecule has 0 unspecified atom stereocenters. The van der Waals surface area contributed by atoms with Crippen molar-refractivity contribution >= 4 is 16.9 Å². The van der Waals surface area contributed by atoms with Gasteiger partial charge in [0.15, 0.2) is 5.82 Å². The number of carbonyl (C=O) groups is 1. The Morgan fingerprint density at radius 1 is 1.05 bits per heavy atom. The van der Waals surface area contributed by atoms with Crippen molar-refractivity contribution < 1.29 is 24.1 Å². The fraction of sp³-hybridized carbons (Fsp3) is 0.214. The largest absolute Gasteiger partial charge is 0.492 e. The van der Waals surface area contributed by atoms with Crippen molar-refractivity contribution in [2.45, 2.75) is 31.7 Å². The number of pyridine rings is 1. The molecule has 1 fully saturated rings. The van der Waals surface area contributed by atoms with E-state index in [0.717, 1.165) is 0 Å².